The Balaban J connectivity index is 1.36. The van der Waals surface area contributed by atoms with E-state index in [0.29, 0.717) is 56.4 Å². The third-order valence-corrected chi connectivity index (χ3v) is 7.28. The molecule has 0 spiro atoms. The molecule has 2 fully saturated rings. The smallest absolute Gasteiger partial charge is 0.372 e. The summed E-state index contributed by atoms with van der Waals surface area (Å²) in [6.07, 6.45) is 0.524. The minimum atomic E-state index is -4.83. The van der Waals surface area contributed by atoms with Crippen molar-refractivity contribution >= 4 is 29.1 Å². The Hall–Kier alpha value is -2.93. The van der Waals surface area contributed by atoms with Gasteiger partial charge >= 0.3 is 6.18 Å². The number of amides is 1. The lowest BCUT2D eigenvalue weighted by Crippen LogP contribution is -2.50. The summed E-state index contributed by atoms with van der Waals surface area (Å²) in [5, 5.41) is 5.96. The molecule has 0 aromatic carbocycles. The minimum absolute atomic E-state index is 0.0223. The van der Waals surface area contributed by atoms with Crippen molar-refractivity contribution < 1.29 is 22.7 Å². The number of aromatic nitrogens is 4. The number of carbonyl (C=O) groups excluding carboxylic acids is 1. The number of halogens is 4. The molecule has 10 nitrogen and oxygen atoms in total. The van der Waals surface area contributed by atoms with Crippen molar-refractivity contribution in [1.82, 2.24) is 25.1 Å². The molecule has 1 N–H and O–H groups in total. The van der Waals surface area contributed by atoms with Gasteiger partial charge < -0.3 is 19.4 Å². The number of hydrogen-bond acceptors (Lipinski definition) is 8. The summed E-state index contributed by atoms with van der Waals surface area (Å²) < 4.78 is 47.3. The first kappa shape index (κ1) is 28.1. The molecule has 2 aromatic rings. The van der Waals surface area contributed by atoms with Gasteiger partial charge in [0, 0.05) is 32.7 Å². The molecule has 2 aromatic heterocycles. The van der Waals surface area contributed by atoms with Crippen LogP contribution < -0.4 is 15.4 Å². The van der Waals surface area contributed by atoms with Crippen LogP contribution in [0, 0.1) is 0 Å². The highest BCUT2D eigenvalue weighted by atomic mass is 35.5. The van der Waals surface area contributed by atoms with Crippen LogP contribution in [-0.4, -0.2) is 81.9 Å². The summed E-state index contributed by atoms with van der Waals surface area (Å²) in [6.45, 7) is 6.07. The molecule has 38 heavy (non-hydrogen) atoms. The molecule has 4 heterocycles. The van der Waals surface area contributed by atoms with E-state index in [0.717, 1.165) is 6.20 Å². The van der Waals surface area contributed by atoms with Gasteiger partial charge in [-0.05, 0) is 26.2 Å². The summed E-state index contributed by atoms with van der Waals surface area (Å²) in [4.78, 5) is 38.8. The van der Waals surface area contributed by atoms with E-state index in [-0.39, 0.29) is 36.8 Å². The van der Waals surface area contributed by atoms with Crippen molar-refractivity contribution in [2.24, 2.45) is 0 Å². The number of alkyl halides is 3. The van der Waals surface area contributed by atoms with Crippen LogP contribution in [0.4, 0.5) is 24.8 Å². The van der Waals surface area contributed by atoms with Crippen molar-refractivity contribution in [2.75, 3.05) is 42.5 Å². The van der Waals surface area contributed by atoms with Gasteiger partial charge in [0.1, 0.15) is 5.56 Å². The number of piperazine rings is 1. The molecular weight excluding hydrogens is 527 g/mol. The number of H-pyrrole nitrogens is 1. The molecule has 208 valence electrons. The second kappa shape index (κ2) is 11.9. The van der Waals surface area contributed by atoms with Gasteiger partial charge in [0.2, 0.25) is 11.9 Å². The Bertz CT molecular complexity index is 1160. The Kier molecular flexibility index (Phi) is 8.76. The van der Waals surface area contributed by atoms with Gasteiger partial charge in [-0.2, -0.15) is 18.3 Å². The monoisotopic (exact) mass is 557 g/mol. The zero-order valence-electron chi connectivity index (χ0n) is 21.2. The highest BCUT2D eigenvalue weighted by Gasteiger charge is 2.42. The first-order chi connectivity index (χ1) is 18.1. The van der Waals surface area contributed by atoms with E-state index in [1.165, 1.54) is 17.3 Å². The van der Waals surface area contributed by atoms with E-state index in [2.05, 4.69) is 15.1 Å². The lowest BCUT2D eigenvalue weighted by atomic mass is 10.0. The van der Waals surface area contributed by atoms with Gasteiger partial charge in [-0.3, -0.25) is 9.59 Å². The molecule has 0 saturated carbocycles. The number of carbonyl (C=O) groups is 1. The summed E-state index contributed by atoms with van der Waals surface area (Å²) >= 11 is 5.85. The van der Waals surface area contributed by atoms with Crippen LogP contribution >= 0.6 is 11.6 Å². The highest BCUT2D eigenvalue weighted by Crippen LogP contribution is 2.37. The van der Waals surface area contributed by atoms with Gasteiger partial charge in [0.15, 0.2) is 0 Å². The first-order valence-electron chi connectivity index (χ1n) is 12.7. The van der Waals surface area contributed by atoms with Crippen molar-refractivity contribution in [3.05, 3.63) is 39.5 Å². The van der Waals surface area contributed by atoms with Crippen molar-refractivity contribution in [3.63, 3.8) is 0 Å². The lowest BCUT2D eigenvalue weighted by molar-refractivity contribution is -0.138. The highest BCUT2D eigenvalue weighted by molar-refractivity contribution is 6.30. The number of nitrogens with one attached hydrogen (secondary N) is 1. The average molecular weight is 558 g/mol. The van der Waals surface area contributed by atoms with E-state index >= 15 is 0 Å². The van der Waals surface area contributed by atoms with Crippen molar-refractivity contribution in [1.29, 1.82) is 0 Å². The summed E-state index contributed by atoms with van der Waals surface area (Å²) in [5.41, 5.74) is -2.80. The van der Waals surface area contributed by atoms with Crippen LogP contribution in [0.25, 0.3) is 0 Å². The number of nitrogens with zero attached hydrogens (tertiary/aromatic N) is 6. The van der Waals surface area contributed by atoms with E-state index < -0.39 is 23.3 Å². The number of anilines is 2. The molecule has 3 atom stereocenters. The van der Waals surface area contributed by atoms with Crippen LogP contribution in [0.5, 0.6) is 0 Å². The zero-order valence-corrected chi connectivity index (χ0v) is 22.0. The maximum Gasteiger partial charge on any atom is 0.423 e. The van der Waals surface area contributed by atoms with E-state index in [4.69, 9.17) is 16.3 Å². The van der Waals surface area contributed by atoms with Gasteiger partial charge in [0.05, 0.1) is 54.0 Å². The minimum Gasteiger partial charge on any atom is -0.372 e. The number of aromatic amines is 1. The molecule has 2 aliphatic rings. The molecule has 0 aliphatic carbocycles. The Labute approximate surface area is 223 Å². The molecule has 4 rings (SSSR count). The molecule has 2 saturated heterocycles. The van der Waals surface area contributed by atoms with E-state index in [9.17, 15) is 22.8 Å². The number of ether oxygens (including phenoxy) is 1. The van der Waals surface area contributed by atoms with Gasteiger partial charge in [-0.25, -0.2) is 15.1 Å². The Morgan fingerprint density at radius 3 is 2.47 bits per heavy atom. The van der Waals surface area contributed by atoms with Crippen LogP contribution in [0.1, 0.15) is 45.1 Å². The fraction of sp³-hybridized carbons (Fsp3) is 0.625. The Morgan fingerprint density at radius 2 is 1.87 bits per heavy atom. The predicted molar refractivity (Wildman–Crippen MR) is 135 cm³/mol. The second-order valence-corrected chi connectivity index (χ2v) is 9.80. The first-order valence-corrected chi connectivity index (χ1v) is 13.1. The van der Waals surface area contributed by atoms with Crippen LogP contribution in [-0.2, 0) is 15.7 Å². The largest absolute Gasteiger partial charge is 0.423 e. The molecule has 0 bridgehead atoms. The van der Waals surface area contributed by atoms with Crippen molar-refractivity contribution in [2.45, 2.75) is 64.0 Å². The number of hydrogen-bond donors (Lipinski definition) is 1. The van der Waals surface area contributed by atoms with Gasteiger partial charge in [-0.1, -0.05) is 18.5 Å². The third-order valence-electron chi connectivity index (χ3n) is 7.08. The number of rotatable bonds is 8. The topological polar surface area (TPSA) is 108 Å². The SMILES string of the molecule is CC[C@@H]([C@H]1CC[C@@H](CC(=O)N2CCN(c3ncc(Cl)cn3)CC2)O1)N(CC)c1cn[nH]c(=O)c1C(F)(F)F. The standard InChI is InChI=1S/C24H31ClF3N7O3/c1-3-17(35(4-2)18-14-31-32-22(37)21(18)24(26,27)28)19-6-5-16(38-19)11-20(36)33-7-9-34(10-8-33)23-29-12-15(25)13-30-23/h12-14,16-17,19H,3-11H2,1-2H3,(H,32,37)/t16-,17-,19+/m0/s1. The fourth-order valence-electron chi connectivity index (χ4n) is 5.26. The normalized spacial score (nSPS) is 21.0. The summed E-state index contributed by atoms with van der Waals surface area (Å²) in [7, 11) is 0. The van der Waals surface area contributed by atoms with Gasteiger partial charge in [0.25, 0.3) is 5.56 Å². The molecule has 2 aliphatic heterocycles. The lowest BCUT2D eigenvalue weighted by Gasteiger charge is -2.37. The summed E-state index contributed by atoms with van der Waals surface area (Å²) in [6, 6.07) is -0.410. The molecule has 14 heteroatoms. The molecule has 0 radical (unpaired) electrons. The molecule has 1 amide bonds. The zero-order chi connectivity index (χ0) is 27.4. The fourth-order valence-corrected chi connectivity index (χ4v) is 5.36. The third kappa shape index (κ3) is 6.20. The van der Waals surface area contributed by atoms with Crippen LogP contribution in [0.15, 0.2) is 23.4 Å². The van der Waals surface area contributed by atoms with Gasteiger partial charge in [-0.15, -0.1) is 0 Å². The van der Waals surface area contributed by atoms with Crippen LogP contribution in [0.3, 0.4) is 0 Å². The maximum atomic E-state index is 13.7. The van der Waals surface area contributed by atoms with E-state index in [1.807, 2.05) is 16.9 Å². The Morgan fingerprint density at radius 1 is 1.18 bits per heavy atom. The average Bonchev–Trinajstić information content (AvgIpc) is 3.34. The second-order valence-electron chi connectivity index (χ2n) is 9.37. The molecule has 0 unspecified atom stereocenters. The quantitative estimate of drug-likeness (QED) is 0.527. The van der Waals surface area contributed by atoms with Crippen LogP contribution in [0.2, 0.25) is 5.02 Å². The van der Waals surface area contributed by atoms with E-state index in [1.54, 1.807) is 11.8 Å². The number of likely N-dealkylation sites (N-methyl/N-ethyl adjacent to an activating group) is 1. The molecular formula is C24H31ClF3N7O3. The predicted octanol–water partition coefficient (Wildman–Crippen LogP) is 3.12. The van der Waals surface area contributed by atoms with Crippen molar-refractivity contribution in [3.8, 4) is 0 Å². The maximum absolute atomic E-state index is 13.7. The summed E-state index contributed by atoms with van der Waals surface area (Å²) in [5.74, 6) is 0.546.